The quantitative estimate of drug-likeness (QED) is 0.676. The molecule has 0 atom stereocenters. The van der Waals surface area contributed by atoms with Gasteiger partial charge in [-0.15, -0.1) is 5.10 Å². The molecule has 1 aromatic heterocycles. The molecule has 0 spiro atoms. The smallest absolute Gasteiger partial charge is 0.146 e. The molecule has 5 heteroatoms. The van der Waals surface area contributed by atoms with Crippen LogP contribution in [-0.2, 0) is 0 Å². The van der Waals surface area contributed by atoms with Gasteiger partial charge < -0.3 is 5.32 Å². The molecule has 1 fully saturated rings. The number of nitrogens with one attached hydrogen (secondary N) is 1. The third-order valence-electron chi connectivity index (χ3n) is 4.11. The fourth-order valence-corrected chi connectivity index (χ4v) is 3.38. The number of aromatic nitrogens is 2. The van der Waals surface area contributed by atoms with Gasteiger partial charge in [0.2, 0.25) is 0 Å². The van der Waals surface area contributed by atoms with Crippen molar-refractivity contribution in [2.45, 2.75) is 39.0 Å². The van der Waals surface area contributed by atoms with Gasteiger partial charge in [0.05, 0.1) is 6.20 Å². The monoisotopic (exact) mass is 314 g/mol. The largest absolute Gasteiger partial charge is 0.339 e. The van der Waals surface area contributed by atoms with Gasteiger partial charge >= 0.3 is 0 Å². The van der Waals surface area contributed by atoms with Crippen LogP contribution in [0, 0.1) is 12.8 Å². The molecule has 0 amide bonds. The lowest BCUT2D eigenvalue weighted by atomic mass is 9.89. The third kappa shape index (κ3) is 4.13. The van der Waals surface area contributed by atoms with E-state index in [1.54, 1.807) is 6.20 Å². The van der Waals surface area contributed by atoms with Gasteiger partial charge in [-0.25, -0.2) is 0 Å². The Kier molecular flexibility index (Phi) is 5.16. The van der Waals surface area contributed by atoms with Gasteiger partial charge in [-0.2, -0.15) is 0 Å². The summed E-state index contributed by atoms with van der Waals surface area (Å²) in [5.74, 6) is 1.62. The van der Waals surface area contributed by atoms with Gasteiger partial charge in [0.15, 0.2) is 0 Å². The first kappa shape index (κ1) is 15.2. The van der Waals surface area contributed by atoms with Crippen LogP contribution >= 0.6 is 11.5 Å². The van der Waals surface area contributed by atoms with E-state index in [0.29, 0.717) is 0 Å². The molecular formula is C17H22N4S. The molecule has 0 unspecified atom stereocenters. The molecule has 1 aliphatic rings. The summed E-state index contributed by atoms with van der Waals surface area (Å²) in [4.78, 5) is 5.85. The van der Waals surface area contributed by atoms with Crippen molar-refractivity contribution in [3.05, 3.63) is 40.9 Å². The third-order valence-corrected chi connectivity index (χ3v) is 4.78. The summed E-state index contributed by atoms with van der Waals surface area (Å²) < 4.78 is 3.97. The Morgan fingerprint density at radius 1 is 1.32 bits per heavy atom. The van der Waals surface area contributed by atoms with E-state index in [1.165, 1.54) is 49.2 Å². The van der Waals surface area contributed by atoms with Crippen molar-refractivity contribution in [2.75, 3.05) is 11.9 Å². The molecule has 0 radical (unpaired) electrons. The first-order chi connectivity index (χ1) is 10.8. The van der Waals surface area contributed by atoms with E-state index >= 15 is 0 Å². The Morgan fingerprint density at radius 2 is 2.18 bits per heavy atom. The Balaban J connectivity index is 1.75. The molecule has 1 heterocycles. The minimum absolute atomic E-state index is 0.726. The molecule has 1 saturated carbocycles. The minimum Gasteiger partial charge on any atom is -0.339 e. The van der Waals surface area contributed by atoms with E-state index in [-0.39, 0.29) is 0 Å². The Hall–Kier alpha value is -1.75. The van der Waals surface area contributed by atoms with E-state index in [9.17, 15) is 0 Å². The highest BCUT2D eigenvalue weighted by Crippen LogP contribution is 2.24. The van der Waals surface area contributed by atoms with Crippen molar-refractivity contribution in [3.8, 4) is 0 Å². The van der Waals surface area contributed by atoms with E-state index in [2.05, 4.69) is 46.1 Å². The van der Waals surface area contributed by atoms with Crippen LogP contribution in [0.2, 0.25) is 0 Å². The SMILES string of the molecule is Cc1cccc(NC(=NCC2CCCCC2)c2cnns2)c1. The van der Waals surface area contributed by atoms with Crippen molar-refractivity contribution in [3.63, 3.8) is 0 Å². The molecule has 1 aromatic carbocycles. The van der Waals surface area contributed by atoms with Crippen molar-refractivity contribution >= 4 is 23.1 Å². The Labute approximate surface area is 135 Å². The zero-order valence-electron chi connectivity index (χ0n) is 13.0. The molecule has 1 aliphatic carbocycles. The number of rotatable bonds is 4. The highest BCUT2D eigenvalue weighted by Gasteiger charge is 2.14. The van der Waals surface area contributed by atoms with Crippen molar-refractivity contribution in [1.82, 2.24) is 9.59 Å². The average molecular weight is 314 g/mol. The second-order valence-electron chi connectivity index (χ2n) is 5.97. The maximum atomic E-state index is 4.85. The fraction of sp³-hybridized carbons (Fsp3) is 0.471. The van der Waals surface area contributed by atoms with Crippen LogP contribution in [0.15, 0.2) is 35.5 Å². The average Bonchev–Trinajstić information content (AvgIpc) is 3.07. The Morgan fingerprint density at radius 3 is 2.91 bits per heavy atom. The molecule has 116 valence electrons. The lowest BCUT2D eigenvalue weighted by molar-refractivity contribution is 0.367. The van der Waals surface area contributed by atoms with E-state index < -0.39 is 0 Å². The van der Waals surface area contributed by atoms with Crippen LogP contribution in [0.1, 0.15) is 42.5 Å². The summed E-state index contributed by atoms with van der Waals surface area (Å²) in [6, 6.07) is 8.35. The summed E-state index contributed by atoms with van der Waals surface area (Å²) in [7, 11) is 0. The molecule has 1 N–H and O–H groups in total. The van der Waals surface area contributed by atoms with Crippen molar-refractivity contribution in [2.24, 2.45) is 10.9 Å². The first-order valence-corrected chi connectivity index (χ1v) is 8.74. The van der Waals surface area contributed by atoms with Gasteiger partial charge in [0.1, 0.15) is 10.7 Å². The van der Waals surface area contributed by atoms with Crippen LogP contribution in [0.4, 0.5) is 5.69 Å². The van der Waals surface area contributed by atoms with Gasteiger partial charge in [-0.05, 0) is 54.9 Å². The fourth-order valence-electron chi connectivity index (χ4n) is 2.90. The number of aliphatic imine (C=N–C) groups is 1. The Bertz CT molecular complexity index is 615. The molecule has 0 aliphatic heterocycles. The highest BCUT2D eigenvalue weighted by molar-refractivity contribution is 7.08. The first-order valence-electron chi connectivity index (χ1n) is 7.97. The molecule has 2 aromatic rings. The van der Waals surface area contributed by atoms with Crippen LogP contribution in [-0.4, -0.2) is 22.0 Å². The van der Waals surface area contributed by atoms with E-state index in [1.807, 2.05) is 0 Å². The molecule has 0 bridgehead atoms. The molecule has 22 heavy (non-hydrogen) atoms. The number of hydrogen-bond donors (Lipinski definition) is 1. The van der Waals surface area contributed by atoms with Crippen molar-refractivity contribution < 1.29 is 0 Å². The minimum atomic E-state index is 0.726. The van der Waals surface area contributed by atoms with E-state index in [4.69, 9.17) is 4.99 Å². The second-order valence-corrected chi connectivity index (χ2v) is 6.76. The number of anilines is 1. The lowest BCUT2D eigenvalue weighted by Crippen LogP contribution is -2.16. The van der Waals surface area contributed by atoms with Gasteiger partial charge in [0.25, 0.3) is 0 Å². The highest BCUT2D eigenvalue weighted by atomic mass is 32.1. The molecule has 4 nitrogen and oxygen atoms in total. The van der Waals surface area contributed by atoms with Crippen molar-refractivity contribution in [1.29, 1.82) is 0 Å². The molecular weight excluding hydrogens is 292 g/mol. The van der Waals surface area contributed by atoms with Crippen LogP contribution in [0.3, 0.4) is 0 Å². The van der Waals surface area contributed by atoms with Gasteiger partial charge in [-0.3, -0.25) is 4.99 Å². The van der Waals surface area contributed by atoms with E-state index in [0.717, 1.165) is 28.9 Å². The molecule has 3 rings (SSSR count). The lowest BCUT2D eigenvalue weighted by Gasteiger charge is -2.20. The zero-order chi connectivity index (χ0) is 15.2. The summed E-state index contributed by atoms with van der Waals surface area (Å²) in [6.45, 7) is 2.99. The van der Waals surface area contributed by atoms with Crippen LogP contribution < -0.4 is 5.32 Å². The predicted molar refractivity (Wildman–Crippen MR) is 92.7 cm³/mol. The topological polar surface area (TPSA) is 50.2 Å². The van der Waals surface area contributed by atoms with Gasteiger partial charge in [0, 0.05) is 12.2 Å². The zero-order valence-corrected chi connectivity index (χ0v) is 13.8. The maximum absolute atomic E-state index is 4.85. The maximum Gasteiger partial charge on any atom is 0.146 e. The number of amidine groups is 1. The van der Waals surface area contributed by atoms with Crippen LogP contribution in [0.5, 0.6) is 0 Å². The second kappa shape index (κ2) is 7.49. The van der Waals surface area contributed by atoms with Gasteiger partial charge in [-0.1, -0.05) is 35.9 Å². The number of nitrogens with zero attached hydrogens (tertiary/aromatic N) is 3. The summed E-state index contributed by atoms with van der Waals surface area (Å²) in [5.41, 5.74) is 2.30. The van der Waals surface area contributed by atoms with Crippen LogP contribution in [0.25, 0.3) is 0 Å². The predicted octanol–water partition coefficient (Wildman–Crippen LogP) is 4.29. The number of benzene rings is 1. The number of hydrogen-bond acceptors (Lipinski definition) is 4. The number of aryl methyl sites for hydroxylation is 1. The summed E-state index contributed by atoms with van der Waals surface area (Å²) in [5, 5.41) is 7.39. The normalized spacial score (nSPS) is 16.7. The molecule has 0 saturated heterocycles. The summed E-state index contributed by atoms with van der Waals surface area (Å²) in [6.07, 6.45) is 8.48. The summed E-state index contributed by atoms with van der Waals surface area (Å²) >= 11 is 1.39. The standard InChI is InChI=1S/C17H22N4S/c1-13-6-5-9-15(10-13)20-17(16-12-19-21-22-16)18-11-14-7-3-2-4-8-14/h5-6,9-10,12,14H,2-4,7-8,11H2,1H3,(H,18,20).